The molecule has 90 valence electrons. The van der Waals surface area contributed by atoms with Gasteiger partial charge in [0.15, 0.2) is 0 Å². The predicted molar refractivity (Wildman–Crippen MR) is 68.9 cm³/mol. The zero-order chi connectivity index (χ0) is 12.3. The zero-order valence-corrected chi connectivity index (χ0v) is 10.3. The van der Waals surface area contributed by atoms with Crippen molar-refractivity contribution in [2.45, 2.75) is 18.5 Å². The van der Waals surface area contributed by atoms with Crippen LogP contribution >= 0.6 is 11.6 Å². The Hall–Kier alpha value is -1.48. The van der Waals surface area contributed by atoms with Gasteiger partial charge in [-0.1, -0.05) is 48.5 Å². The number of nitrogens with one attached hydrogen (secondary N) is 1. The molecule has 0 spiro atoms. The maximum atomic E-state index is 11.9. The molecule has 0 bridgehead atoms. The summed E-state index contributed by atoms with van der Waals surface area (Å²) < 4.78 is 0. The molecule has 1 N–H and O–H groups in total. The molecule has 0 aromatic heterocycles. The van der Waals surface area contributed by atoms with Crippen molar-refractivity contribution < 1.29 is 4.79 Å². The number of rotatable bonds is 2. The normalized spacial score (nSPS) is 15.9. The van der Waals surface area contributed by atoms with E-state index >= 15 is 0 Å². The highest BCUT2D eigenvalue weighted by Gasteiger charge is 2.20. The van der Waals surface area contributed by atoms with E-state index in [1.54, 1.807) is 4.90 Å². The van der Waals surface area contributed by atoms with Gasteiger partial charge in [0.25, 0.3) is 0 Å². The molecule has 1 heterocycles. The van der Waals surface area contributed by atoms with E-state index in [1.807, 2.05) is 12.1 Å². The van der Waals surface area contributed by atoms with Gasteiger partial charge >= 0.3 is 6.03 Å². The van der Waals surface area contributed by atoms with Crippen molar-refractivity contribution in [2.75, 3.05) is 6.54 Å². The molecule has 1 aliphatic rings. The quantitative estimate of drug-likeness (QED) is 0.488. The summed E-state index contributed by atoms with van der Waals surface area (Å²) in [6.45, 7) is 4.90. The van der Waals surface area contributed by atoms with Crippen LogP contribution in [0.3, 0.4) is 0 Å². The largest absolute Gasteiger partial charge is 0.320 e. The number of urea groups is 1. The Morgan fingerprint density at radius 2 is 2.18 bits per heavy atom. The Kier molecular flexibility index (Phi) is 3.69. The summed E-state index contributed by atoms with van der Waals surface area (Å²) in [7, 11) is 0. The van der Waals surface area contributed by atoms with Crippen molar-refractivity contribution in [1.29, 1.82) is 0 Å². The number of amides is 2. The van der Waals surface area contributed by atoms with Crippen LogP contribution in [0.1, 0.15) is 11.1 Å². The second-order valence-electron chi connectivity index (χ2n) is 4.03. The van der Waals surface area contributed by atoms with Gasteiger partial charge in [-0.05, 0) is 17.5 Å². The number of carbonyl (C=O) groups excluding carboxylic acids is 1. The standard InChI is InChI=1S/C13H15ClN2O/c1-2-12(14)15-13(17)16-8-7-10-5-3-4-6-11(10)9-16/h2-6,12H,1,7-9H2,(H,15,17). The van der Waals surface area contributed by atoms with Gasteiger partial charge in [0.05, 0.1) is 0 Å². The SMILES string of the molecule is C=CC(Cl)NC(=O)N1CCc2ccccc2C1. The molecule has 0 aliphatic carbocycles. The van der Waals surface area contributed by atoms with E-state index in [9.17, 15) is 4.79 Å². The van der Waals surface area contributed by atoms with Crippen molar-refractivity contribution in [1.82, 2.24) is 10.2 Å². The molecule has 0 saturated carbocycles. The number of benzene rings is 1. The molecule has 0 fully saturated rings. The zero-order valence-electron chi connectivity index (χ0n) is 9.53. The third kappa shape index (κ3) is 2.80. The number of fused-ring (bicyclic) bond motifs is 1. The molecule has 17 heavy (non-hydrogen) atoms. The number of hydrogen-bond donors (Lipinski definition) is 1. The maximum Gasteiger partial charge on any atom is 0.319 e. The van der Waals surface area contributed by atoms with Gasteiger partial charge in [-0.15, -0.1) is 0 Å². The molecule has 1 atom stereocenters. The summed E-state index contributed by atoms with van der Waals surface area (Å²) in [6.07, 6.45) is 2.39. The predicted octanol–water partition coefficient (Wildman–Crippen LogP) is 2.51. The molecule has 1 aromatic rings. The fraction of sp³-hybridized carbons (Fsp3) is 0.308. The fourth-order valence-electron chi connectivity index (χ4n) is 1.94. The van der Waals surface area contributed by atoms with Crippen LogP contribution in [-0.2, 0) is 13.0 Å². The van der Waals surface area contributed by atoms with Crippen LogP contribution in [0.15, 0.2) is 36.9 Å². The Bertz CT molecular complexity index is 433. The Morgan fingerprint density at radius 3 is 2.88 bits per heavy atom. The van der Waals surface area contributed by atoms with E-state index < -0.39 is 5.50 Å². The minimum absolute atomic E-state index is 0.139. The minimum atomic E-state index is -0.514. The van der Waals surface area contributed by atoms with Crippen LogP contribution in [0.25, 0.3) is 0 Å². The van der Waals surface area contributed by atoms with E-state index in [4.69, 9.17) is 11.6 Å². The average molecular weight is 251 g/mol. The second-order valence-corrected chi connectivity index (χ2v) is 4.50. The fourth-order valence-corrected chi connectivity index (χ4v) is 2.03. The van der Waals surface area contributed by atoms with Crippen LogP contribution < -0.4 is 5.32 Å². The van der Waals surface area contributed by atoms with Gasteiger partial charge in [-0.25, -0.2) is 4.79 Å². The van der Waals surface area contributed by atoms with E-state index in [0.717, 1.165) is 13.0 Å². The number of nitrogens with zero attached hydrogens (tertiary/aromatic N) is 1. The van der Waals surface area contributed by atoms with Crippen LogP contribution in [-0.4, -0.2) is 23.0 Å². The van der Waals surface area contributed by atoms with Gasteiger partial charge in [0, 0.05) is 13.1 Å². The van der Waals surface area contributed by atoms with Gasteiger partial charge in [0.2, 0.25) is 0 Å². The van der Waals surface area contributed by atoms with Crippen molar-refractivity contribution in [3.63, 3.8) is 0 Å². The van der Waals surface area contributed by atoms with Crippen LogP contribution in [0.2, 0.25) is 0 Å². The molecule has 1 aromatic carbocycles. The summed E-state index contributed by atoms with van der Waals surface area (Å²) in [5, 5.41) is 2.66. The van der Waals surface area contributed by atoms with Crippen LogP contribution in [0.4, 0.5) is 4.79 Å². The van der Waals surface area contributed by atoms with Crippen molar-refractivity contribution in [3.05, 3.63) is 48.0 Å². The average Bonchev–Trinajstić information content (AvgIpc) is 2.38. The number of carbonyl (C=O) groups is 1. The molecular weight excluding hydrogens is 236 g/mol. The smallest absolute Gasteiger partial charge is 0.319 e. The van der Waals surface area contributed by atoms with E-state index in [2.05, 4.69) is 24.0 Å². The monoisotopic (exact) mass is 250 g/mol. The molecule has 0 saturated heterocycles. The Balaban J connectivity index is 2.02. The van der Waals surface area contributed by atoms with Crippen LogP contribution in [0, 0.1) is 0 Å². The first-order valence-corrected chi connectivity index (χ1v) is 6.03. The van der Waals surface area contributed by atoms with Gasteiger partial charge in [0.1, 0.15) is 5.50 Å². The lowest BCUT2D eigenvalue weighted by molar-refractivity contribution is 0.192. The topological polar surface area (TPSA) is 32.3 Å². The van der Waals surface area contributed by atoms with Crippen molar-refractivity contribution >= 4 is 17.6 Å². The summed E-state index contributed by atoms with van der Waals surface area (Å²) in [5.74, 6) is 0. The molecule has 2 rings (SSSR count). The molecule has 2 amide bonds. The van der Waals surface area contributed by atoms with Gasteiger partial charge in [-0.3, -0.25) is 0 Å². The summed E-state index contributed by atoms with van der Waals surface area (Å²) >= 11 is 5.80. The number of halogens is 1. The van der Waals surface area contributed by atoms with E-state index in [0.29, 0.717) is 6.54 Å². The summed E-state index contributed by atoms with van der Waals surface area (Å²) in [5.41, 5.74) is 2.01. The Labute approximate surface area is 106 Å². The van der Waals surface area contributed by atoms with Crippen molar-refractivity contribution in [3.8, 4) is 0 Å². The molecule has 0 radical (unpaired) electrons. The highest BCUT2D eigenvalue weighted by molar-refractivity contribution is 6.22. The molecule has 3 nitrogen and oxygen atoms in total. The lowest BCUT2D eigenvalue weighted by atomic mass is 10.0. The summed E-state index contributed by atoms with van der Waals surface area (Å²) in [4.78, 5) is 13.6. The van der Waals surface area contributed by atoms with E-state index in [1.165, 1.54) is 17.2 Å². The van der Waals surface area contributed by atoms with Gasteiger partial charge < -0.3 is 10.2 Å². The number of hydrogen-bond acceptors (Lipinski definition) is 1. The van der Waals surface area contributed by atoms with Gasteiger partial charge in [-0.2, -0.15) is 0 Å². The number of alkyl halides is 1. The molecular formula is C13H15ClN2O. The van der Waals surface area contributed by atoms with Crippen molar-refractivity contribution in [2.24, 2.45) is 0 Å². The first-order chi connectivity index (χ1) is 8.20. The van der Waals surface area contributed by atoms with E-state index in [-0.39, 0.29) is 6.03 Å². The molecule has 4 heteroatoms. The highest BCUT2D eigenvalue weighted by atomic mass is 35.5. The van der Waals surface area contributed by atoms with Crippen LogP contribution in [0.5, 0.6) is 0 Å². The Morgan fingerprint density at radius 1 is 1.47 bits per heavy atom. The third-order valence-electron chi connectivity index (χ3n) is 2.89. The first-order valence-electron chi connectivity index (χ1n) is 5.59. The molecule has 1 aliphatic heterocycles. The maximum absolute atomic E-state index is 11.9. The third-order valence-corrected chi connectivity index (χ3v) is 3.17. The highest BCUT2D eigenvalue weighted by Crippen LogP contribution is 2.18. The molecule has 1 unspecified atom stereocenters. The summed E-state index contributed by atoms with van der Waals surface area (Å²) in [6, 6.07) is 8.05. The lowest BCUT2D eigenvalue weighted by Gasteiger charge is -2.29. The first kappa shape index (κ1) is 12.0. The second kappa shape index (κ2) is 5.23. The lowest BCUT2D eigenvalue weighted by Crippen LogP contribution is -2.44. The minimum Gasteiger partial charge on any atom is -0.320 e.